The van der Waals surface area contributed by atoms with E-state index in [0.717, 1.165) is 23.8 Å². The van der Waals surface area contributed by atoms with Crippen LogP contribution in [0.25, 0.3) is 0 Å². The van der Waals surface area contributed by atoms with Crippen molar-refractivity contribution in [1.82, 2.24) is 4.90 Å². The van der Waals surface area contributed by atoms with Gasteiger partial charge in [0.25, 0.3) is 0 Å². The summed E-state index contributed by atoms with van der Waals surface area (Å²) in [5, 5.41) is 0. The highest BCUT2D eigenvalue weighted by atomic mass is 15.2. The van der Waals surface area contributed by atoms with E-state index >= 15 is 0 Å². The predicted molar refractivity (Wildman–Crippen MR) is 65.9 cm³/mol. The summed E-state index contributed by atoms with van der Waals surface area (Å²) in [5.74, 6) is 2.76. The zero-order chi connectivity index (χ0) is 10.8. The molecular weight excluding hydrogens is 182 g/mol. The van der Waals surface area contributed by atoms with Crippen LogP contribution < -0.4 is 0 Å². The van der Waals surface area contributed by atoms with Gasteiger partial charge < -0.3 is 4.90 Å². The third-order valence-electron chi connectivity index (χ3n) is 4.75. The molecule has 1 saturated carbocycles. The third kappa shape index (κ3) is 2.55. The molecule has 0 bridgehead atoms. The lowest BCUT2D eigenvalue weighted by Crippen LogP contribution is -2.45. The van der Waals surface area contributed by atoms with E-state index in [1.807, 2.05) is 0 Å². The van der Waals surface area contributed by atoms with Crippen LogP contribution in [0, 0.1) is 17.8 Å². The van der Waals surface area contributed by atoms with Crippen LogP contribution in [0.5, 0.6) is 0 Å². The van der Waals surface area contributed by atoms with Crippen molar-refractivity contribution >= 4 is 0 Å². The van der Waals surface area contributed by atoms with Crippen molar-refractivity contribution in [2.24, 2.45) is 17.8 Å². The zero-order valence-electron chi connectivity index (χ0n) is 10.7. The van der Waals surface area contributed by atoms with E-state index in [1.54, 1.807) is 0 Å². The molecule has 2 rings (SSSR count). The molecule has 1 aliphatic carbocycles. The lowest BCUT2D eigenvalue weighted by Gasteiger charge is -2.42. The highest BCUT2D eigenvalue weighted by molar-refractivity contribution is 4.85. The molecule has 1 heterocycles. The molecular formula is C14H27N. The van der Waals surface area contributed by atoms with Crippen molar-refractivity contribution in [1.29, 1.82) is 0 Å². The van der Waals surface area contributed by atoms with Crippen molar-refractivity contribution < 1.29 is 0 Å². The van der Waals surface area contributed by atoms with E-state index < -0.39 is 0 Å². The number of nitrogens with zero attached hydrogens (tertiary/aromatic N) is 1. The van der Waals surface area contributed by atoms with Gasteiger partial charge in [-0.25, -0.2) is 0 Å². The maximum Gasteiger partial charge on any atom is 0.00953 e. The largest absolute Gasteiger partial charge is 0.300 e. The van der Waals surface area contributed by atoms with Gasteiger partial charge in [-0.2, -0.15) is 0 Å². The van der Waals surface area contributed by atoms with E-state index in [1.165, 1.54) is 45.2 Å². The minimum absolute atomic E-state index is 0.865. The summed E-state index contributed by atoms with van der Waals surface area (Å²) in [4.78, 5) is 2.80. The van der Waals surface area contributed by atoms with Crippen molar-refractivity contribution in [3.05, 3.63) is 0 Å². The Morgan fingerprint density at radius 2 is 1.73 bits per heavy atom. The minimum atomic E-state index is 0.865. The average molecular weight is 209 g/mol. The molecule has 0 aromatic rings. The van der Waals surface area contributed by atoms with E-state index in [0.29, 0.717) is 0 Å². The monoisotopic (exact) mass is 209 g/mol. The van der Waals surface area contributed by atoms with Gasteiger partial charge in [-0.15, -0.1) is 0 Å². The second-order valence-corrected chi connectivity index (χ2v) is 6.11. The third-order valence-corrected chi connectivity index (χ3v) is 4.75. The Balaban J connectivity index is 1.92. The van der Waals surface area contributed by atoms with Gasteiger partial charge in [-0.1, -0.05) is 33.6 Å². The maximum absolute atomic E-state index is 2.80. The normalized spacial score (nSPS) is 35.2. The molecule has 1 nitrogen and oxygen atoms in total. The van der Waals surface area contributed by atoms with E-state index in [-0.39, 0.29) is 0 Å². The standard InChI is InChI=1S/C14H27N/c1-11(2)14-10-15(9-8-12(14)3)13-6-4-5-7-13/h11-14H,4-10H2,1-3H3. The summed E-state index contributed by atoms with van der Waals surface area (Å²) in [5.41, 5.74) is 0. The highest BCUT2D eigenvalue weighted by Crippen LogP contribution is 2.33. The van der Waals surface area contributed by atoms with Crippen LogP contribution in [0.1, 0.15) is 52.9 Å². The van der Waals surface area contributed by atoms with Gasteiger partial charge in [-0.3, -0.25) is 0 Å². The molecule has 2 fully saturated rings. The second-order valence-electron chi connectivity index (χ2n) is 6.11. The maximum atomic E-state index is 2.80. The molecule has 15 heavy (non-hydrogen) atoms. The van der Waals surface area contributed by atoms with E-state index in [2.05, 4.69) is 25.7 Å². The quantitative estimate of drug-likeness (QED) is 0.672. The summed E-state index contributed by atoms with van der Waals surface area (Å²) >= 11 is 0. The Morgan fingerprint density at radius 1 is 1.07 bits per heavy atom. The van der Waals surface area contributed by atoms with Crippen molar-refractivity contribution in [3.8, 4) is 0 Å². The fourth-order valence-electron chi connectivity index (χ4n) is 3.59. The first kappa shape index (κ1) is 11.4. The number of rotatable bonds is 2. The molecule has 0 N–H and O–H groups in total. The number of likely N-dealkylation sites (tertiary alicyclic amines) is 1. The molecule has 1 heteroatoms. The lowest BCUT2D eigenvalue weighted by molar-refractivity contribution is 0.0665. The SMILES string of the molecule is CC(C)C1CN(C2CCCC2)CCC1C. The predicted octanol–water partition coefficient (Wildman–Crippen LogP) is 3.54. The summed E-state index contributed by atoms with van der Waals surface area (Å²) < 4.78 is 0. The van der Waals surface area contributed by atoms with Crippen molar-refractivity contribution in [3.63, 3.8) is 0 Å². The Morgan fingerprint density at radius 3 is 2.33 bits per heavy atom. The van der Waals surface area contributed by atoms with Gasteiger partial charge in [0, 0.05) is 12.6 Å². The Hall–Kier alpha value is -0.0400. The molecule has 2 aliphatic rings. The average Bonchev–Trinajstić information content (AvgIpc) is 2.71. The topological polar surface area (TPSA) is 3.24 Å². The van der Waals surface area contributed by atoms with Crippen molar-refractivity contribution in [2.75, 3.05) is 13.1 Å². The highest BCUT2D eigenvalue weighted by Gasteiger charge is 2.32. The Labute approximate surface area is 95.2 Å². The van der Waals surface area contributed by atoms with Crippen LogP contribution in [0.2, 0.25) is 0 Å². The molecule has 0 radical (unpaired) electrons. The van der Waals surface area contributed by atoms with Gasteiger partial charge in [0.05, 0.1) is 0 Å². The van der Waals surface area contributed by atoms with Crippen LogP contribution in [0.3, 0.4) is 0 Å². The van der Waals surface area contributed by atoms with Crippen LogP contribution >= 0.6 is 0 Å². The first-order valence-corrected chi connectivity index (χ1v) is 6.92. The summed E-state index contributed by atoms with van der Waals surface area (Å²) in [6.07, 6.45) is 7.32. The summed E-state index contributed by atoms with van der Waals surface area (Å²) in [6, 6.07) is 0.943. The van der Waals surface area contributed by atoms with Gasteiger partial charge >= 0.3 is 0 Å². The lowest BCUT2D eigenvalue weighted by atomic mass is 9.79. The van der Waals surface area contributed by atoms with Crippen LogP contribution in [0.4, 0.5) is 0 Å². The molecule has 0 aromatic carbocycles. The molecule has 0 aromatic heterocycles. The molecule has 0 spiro atoms. The number of piperidine rings is 1. The number of hydrogen-bond donors (Lipinski definition) is 0. The van der Waals surface area contributed by atoms with Crippen molar-refractivity contribution in [2.45, 2.75) is 58.9 Å². The molecule has 1 saturated heterocycles. The Kier molecular flexibility index (Phi) is 3.71. The molecule has 0 amide bonds. The van der Waals surface area contributed by atoms with E-state index in [9.17, 15) is 0 Å². The van der Waals surface area contributed by atoms with Crippen LogP contribution in [-0.2, 0) is 0 Å². The van der Waals surface area contributed by atoms with Gasteiger partial charge in [0.1, 0.15) is 0 Å². The molecule has 88 valence electrons. The zero-order valence-corrected chi connectivity index (χ0v) is 10.7. The molecule has 2 unspecified atom stereocenters. The van der Waals surface area contributed by atoms with Crippen LogP contribution in [0.15, 0.2) is 0 Å². The fourth-order valence-corrected chi connectivity index (χ4v) is 3.59. The van der Waals surface area contributed by atoms with Crippen LogP contribution in [-0.4, -0.2) is 24.0 Å². The van der Waals surface area contributed by atoms with Gasteiger partial charge in [0.15, 0.2) is 0 Å². The fraction of sp³-hybridized carbons (Fsp3) is 1.00. The number of hydrogen-bond acceptors (Lipinski definition) is 1. The minimum Gasteiger partial charge on any atom is -0.300 e. The molecule has 1 aliphatic heterocycles. The van der Waals surface area contributed by atoms with Gasteiger partial charge in [-0.05, 0) is 43.6 Å². The van der Waals surface area contributed by atoms with E-state index in [4.69, 9.17) is 0 Å². The first-order valence-electron chi connectivity index (χ1n) is 6.92. The first-order chi connectivity index (χ1) is 7.18. The molecule has 2 atom stereocenters. The second kappa shape index (κ2) is 4.86. The van der Waals surface area contributed by atoms with Gasteiger partial charge in [0.2, 0.25) is 0 Å². The smallest absolute Gasteiger partial charge is 0.00953 e. The summed E-state index contributed by atoms with van der Waals surface area (Å²) in [7, 11) is 0. The Bertz CT molecular complexity index is 194. The summed E-state index contributed by atoms with van der Waals surface area (Å²) in [6.45, 7) is 10.0.